The monoisotopic (exact) mass is 647 g/mol. The number of hydrogen-bond acceptors (Lipinski definition) is 5. The molecule has 3 heterocycles. The molecule has 0 saturated heterocycles. The molecular formula is C39H18B5N3S2. The number of thiophene rings is 2. The lowest BCUT2D eigenvalue weighted by Crippen LogP contribution is -2.55. The van der Waals surface area contributed by atoms with E-state index in [1.165, 1.54) is 20.2 Å². The molecule has 0 N–H and O–H groups in total. The summed E-state index contributed by atoms with van der Waals surface area (Å²) in [5, 5.41) is 4.71. The molecule has 0 saturated carbocycles. The quantitative estimate of drug-likeness (QED) is 0.246. The Hall–Kier alpha value is -4.91. The van der Waals surface area contributed by atoms with Crippen molar-refractivity contribution in [2.24, 2.45) is 0 Å². The van der Waals surface area contributed by atoms with Crippen LogP contribution >= 0.6 is 22.7 Å². The number of rotatable bonds is 4. The number of hydrogen-bond donors (Lipinski definition) is 0. The van der Waals surface area contributed by atoms with Gasteiger partial charge in [0.1, 0.15) is 39.2 Å². The van der Waals surface area contributed by atoms with Crippen LogP contribution in [0.4, 0.5) is 0 Å². The third-order valence-corrected chi connectivity index (χ3v) is 11.5. The average molecular weight is 647 g/mol. The molecule has 10 radical (unpaired) electrons. The van der Waals surface area contributed by atoms with Gasteiger partial charge in [0.15, 0.2) is 17.5 Å². The average Bonchev–Trinajstić information content (AvgIpc) is 3.72. The van der Waals surface area contributed by atoms with Crippen molar-refractivity contribution >= 4 is 130 Å². The van der Waals surface area contributed by atoms with E-state index < -0.39 is 0 Å². The Morgan fingerprint density at radius 2 is 0.714 bits per heavy atom. The molecule has 10 heteroatoms. The Morgan fingerprint density at radius 1 is 0.347 bits per heavy atom. The molecule has 49 heavy (non-hydrogen) atoms. The Labute approximate surface area is 297 Å². The van der Waals surface area contributed by atoms with Crippen LogP contribution in [0.25, 0.3) is 85.6 Å². The van der Waals surface area contributed by atoms with Crippen molar-refractivity contribution in [3.8, 4) is 45.3 Å². The first kappa shape index (κ1) is 30.2. The van der Waals surface area contributed by atoms with Crippen LogP contribution in [0, 0.1) is 0 Å². The Morgan fingerprint density at radius 3 is 1.22 bits per heavy atom. The van der Waals surface area contributed by atoms with E-state index in [4.69, 9.17) is 54.2 Å². The van der Waals surface area contributed by atoms with Crippen LogP contribution in [-0.2, 0) is 0 Å². The van der Waals surface area contributed by atoms with Gasteiger partial charge in [0.05, 0.1) is 0 Å². The Kier molecular flexibility index (Phi) is 7.15. The smallest absolute Gasteiger partial charge is 0.165 e. The van der Waals surface area contributed by atoms with Gasteiger partial charge >= 0.3 is 0 Å². The molecule has 3 nitrogen and oxygen atoms in total. The molecule has 216 valence electrons. The zero-order valence-electron chi connectivity index (χ0n) is 25.9. The topological polar surface area (TPSA) is 38.7 Å². The fraction of sp³-hybridized carbons (Fsp3) is 0. The molecule has 6 aromatic carbocycles. The second-order valence-corrected chi connectivity index (χ2v) is 14.0. The number of aromatic nitrogens is 3. The molecule has 0 fully saturated rings. The van der Waals surface area contributed by atoms with E-state index in [0.717, 1.165) is 31.3 Å². The van der Waals surface area contributed by atoms with Gasteiger partial charge in [-0.3, -0.25) is 0 Å². The van der Waals surface area contributed by atoms with Gasteiger partial charge in [-0.15, -0.1) is 39.1 Å². The molecule has 0 atom stereocenters. The molecular weight excluding hydrogens is 629 g/mol. The zero-order chi connectivity index (χ0) is 33.4. The maximum absolute atomic E-state index is 6.58. The van der Waals surface area contributed by atoms with Crippen LogP contribution in [0.2, 0.25) is 0 Å². The van der Waals surface area contributed by atoms with Crippen LogP contribution in [-0.4, -0.2) is 54.2 Å². The van der Waals surface area contributed by atoms with E-state index in [2.05, 4.69) is 84.9 Å². The molecule has 0 aliphatic carbocycles. The van der Waals surface area contributed by atoms with Gasteiger partial charge in [0.25, 0.3) is 0 Å². The third-order valence-electron chi connectivity index (χ3n) is 9.06. The van der Waals surface area contributed by atoms with Crippen molar-refractivity contribution in [1.29, 1.82) is 0 Å². The van der Waals surface area contributed by atoms with Gasteiger partial charge in [-0.1, -0.05) is 95.9 Å². The van der Waals surface area contributed by atoms with Gasteiger partial charge in [0.2, 0.25) is 0 Å². The lowest BCUT2D eigenvalue weighted by Gasteiger charge is -2.22. The van der Waals surface area contributed by atoms with Crippen molar-refractivity contribution in [2.75, 3.05) is 0 Å². The van der Waals surface area contributed by atoms with Gasteiger partial charge < -0.3 is 0 Å². The minimum atomic E-state index is 0.161. The zero-order valence-corrected chi connectivity index (χ0v) is 27.6. The largest absolute Gasteiger partial charge is 0.208 e. The fourth-order valence-corrected chi connectivity index (χ4v) is 9.04. The van der Waals surface area contributed by atoms with E-state index in [1.807, 2.05) is 24.3 Å². The maximum Gasteiger partial charge on any atom is 0.165 e. The second kappa shape index (κ2) is 11.6. The normalized spacial score (nSPS) is 11.7. The highest BCUT2D eigenvalue weighted by atomic mass is 32.1. The summed E-state index contributed by atoms with van der Waals surface area (Å²) >= 11 is 3.46. The van der Waals surface area contributed by atoms with Crippen LogP contribution in [0.3, 0.4) is 0 Å². The minimum absolute atomic E-state index is 0.161. The highest BCUT2D eigenvalue weighted by Gasteiger charge is 2.22. The molecule has 9 rings (SSSR count). The van der Waals surface area contributed by atoms with Crippen molar-refractivity contribution in [1.82, 2.24) is 15.0 Å². The van der Waals surface area contributed by atoms with Gasteiger partial charge in [-0.2, -0.15) is 0 Å². The van der Waals surface area contributed by atoms with Crippen molar-refractivity contribution < 1.29 is 0 Å². The predicted molar refractivity (Wildman–Crippen MR) is 214 cm³/mol. The Balaban J connectivity index is 1.36. The summed E-state index contributed by atoms with van der Waals surface area (Å²) in [5.74, 6) is 1.57. The van der Waals surface area contributed by atoms with Gasteiger partial charge in [-0.25, -0.2) is 15.0 Å². The fourth-order valence-electron chi connectivity index (χ4n) is 6.62. The van der Waals surface area contributed by atoms with Crippen LogP contribution in [0.1, 0.15) is 0 Å². The van der Waals surface area contributed by atoms with Gasteiger partial charge in [-0.05, 0) is 35.4 Å². The van der Waals surface area contributed by atoms with E-state index in [9.17, 15) is 0 Å². The number of fused-ring (bicyclic) bond motifs is 6. The second-order valence-electron chi connectivity index (χ2n) is 11.9. The highest BCUT2D eigenvalue weighted by molar-refractivity contribution is 7.26. The molecule has 0 spiro atoms. The minimum Gasteiger partial charge on any atom is -0.208 e. The maximum atomic E-state index is 6.58. The summed E-state index contributed by atoms with van der Waals surface area (Å²) in [6, 6.07) is 37.1. The first-order valence-corrected chi connectivity index (χ1v) is 17.2. The first-order valence-electron chi connectivity index (χ1n) is 15.6. The SMILES string of the molecule is [B]c1c([B])c([B])c(-c2ccccc2-c2nc(-c3cccc4c3sc3ccccc34)nc(-c3cccc4c3sc3ccccc34)n2)c([B])c1[B]. The molecule has 0 amide bonds. The summed E-state index contributed by atoms with van der Waals surface area (Å²) in [6.07, 6.45) is 0. The highest BCUT2D eigenvalue weighted by Crippen LogP contribution is 2.42. The third kappa shape index (κ3) is 4.73. The van der Waals surface area contributed by atoms with Crippen LogP contribution in [0.5, 0.6) is 0 Å². The summed E-state index contributed by atoms with van der Waals surface area (Å²) in [6.45, 7) is 0. The molecule has 9 aromatic rings. The van der Waals surface area contributed by atoms with Gasteiger partial charge in [0, 0.05) is 57.0 Å². The summed E-state index contributed by atoms with van der Waals surface area (Å²) in [5.41, 5.74) is 4.72. The predicted octanol–water partition coefficient (Wildman–Crippen LogP) is 5.24. The summed E-state index contributed by atoms with van der Waals surface area (Å²) in [7, 11) is 32.0. The molecule has 0 aliphatic rings. The van der Waals surface area contributed by atoms with Crippen molar-refractivity contribution in [3.05, 3.63) is 109 Å². The lowest BCUT2D eigenvalue weighted by molar-refractivity contribution is 1.08. The molecule has 3 aromatic heterocycles. The molecule has 0 unspecified atom stereocenters. The summed E-state index contributed by atoms with van der Waals surface area (Å²) in [4.78, 5) is 15.5. The summed E-state index contributed by atoms with van der Waals surface area (Å²) < 4.78 is 4.61. The van der Waals surface area contributed by atoms with E-state index in [-0.39, 0.29) is 27.3 Å². The standard InChI is InChI=1S/C39H18B5N3S2/c40-30-29(31(41)33(43)34(44)32(30)42)21-11-1-2-12-24(21)37-45-38(25-15-7-13-22-19-9-3-5-17-27(19)48-35(22)25)47-39(46-37)26-16-8-14-23-20-10-4-6-18-28(20)49-36(23)26/h1-18H. The van der Waals surface area contributed by atoms with Crippen molar-refractivity contribution in [3.63, 3.8) is 0 Å². The first-order chi connectivity index (χ1) is 23.9. The van der Waals surface area contributed by atoms with E-state index >= 15 is 0 Å². The molecule has 0 bridgehead atoms. The number of nitrogens with zero attached hydrogens (tertiary/aromatic N) is 3. The van der Waals surface area contributed by atoms with Crippen molar-refractivity contribution in [2.45, 2.75) is 0 Å². The van der Waals surface area contributed by atoms with Crippen LogP contribution < -0.4 is 27.3 Å². The lowest BCUT2D eigenvalue weighted by atomic mass is 9.59. The Bertz CT molecular complexity index is 2650. The van der Waals surface area contributed by atoms with E-state index in [1.54, 1.807) is 22.7 Å². The molecule has 0 aliphatic heterocycles. The van der Waals surface area contributed by atoms with Crippen LogP contribution in [0.15, 0.2) is 109 Å². The van der Waals surface area contributed by atoms with E-state index in [0.29, 0.717) is 34.2 Å². The number of benzene rings is 6.